The van der Waals surface area contributed by atoms with Crippen molar-refractivity contribution in [3.05, 3.63) is 0 Å². The molecular formula is C12H17N3O4. The van der Waals surface area contributed by atoms with Crippen LogP contribution in [0.25, 0.3) is 0 Å². The largest absolute Gasteiger partial charge is 0.354 e. The monoisotopic (exact) mass is 267 g/mol. The lowest BCUT2D eigenvalue weighted by molar-refractivity contribution is -0.149. The number of imide groups is 2. The van der Waals surface area contributed by atoms with Gasteiger partial charge in [-0.25, -0.2) is 4.79 Å². The highest BCUT2D eigenvalue weighted by Gasteiger charge is 2.47. The van der Waals surface area contributed by atoms with Gasteiger partial charge in [0.25, 0.3) is 0 Å². The molecule has 2 fully saturated rings. The molecule has 0 aromatic rings. The van der Waals surface area contributed by atoms with Crippen LogP contribution in [0.1, 0.15) is 26.7 Å². The first-order valence-corrected chi connectivity index (χ1v) is 6.39. The first kappa shape index (κ1) is 13.5. The summed E-state index contributed by atoms with van der Waals surface area (Å²) >= 11 is 0. The van der Waals surface area contributed by atoms with Crippen LogP contribution < -0.4 is 10.6 Å². The summed E-state index contributed by atoms with van der Waals surface area (Å²) in [4.78, 5) is 48.5. The molecule has 7 nitrogen and oxygen atoms in total. The number of piperidine rings is 1. The zero-order valence-corrected chi connectivity index (χ0v) is 10.9. The second kappa shape index (κ2) is 4.99. The number of carbonyl (C=O) groups is 4. The van der Waals surface area contributed by atoms with E-state index in [4.69, 9.17) is 0 Å². The lowest BCUT2D eigenvalue weighted by atomic mass is 9.90. The molecule has 2 heterocycles. The van der Waals surface area contributed by atoms with E-state index in [0.717, 1.165) is 4.90 Å². The maximum absolute atomic E-state index is 12.3. The van der Waals surface area contributed by atoms with Crippen molar-refractivity contribution >= 4 is 23.8 Å². The summed E-state index contributed by atoms with van der Waals surface area (Å²) in [6.07, 6.45) is 1.14. The van der Waals surface area contributed by atoms with Crippen LogP contribution in [0.15, 0.2) is 0 Å². The predicted octanol–water partition coefficient (Wildman–Crippen LogP) is -0.384. The number of urea groups is 1. The van der Waals surface area contributed by atoms with Gasteiger partial charge in [0.15, 0.2) is 0 Å². The fourth-order valence-electron chi connectivity index (χ4n) is 2.49. The van der Waals surface area contributed by atoms with E-state index in [1.54, 1.807) is 13.8 Å². The summed E-state index contributed by atoms with van der Waals surface area (Å²) in [5, 5.41) is 4.78. The van der Waals surface area contributed by atoms with Gasteiger partial charge in [-0.1, -0.05) is 13.8 Å². The van der Waals surface area contributed by atoms with Crippen molar-refractivity contribution in [1.82, 2.24) is 15.5 Å². The molecule has 2 N–H and O–H groups in total. The quantitative estimate of drug-likeness (QED) is 0.666. The van der Waals surface area contributed by atoms with Crippen LogP contribution in [0.2, 0.25) is 0 Å². The first-order valence-electron chi connectivity index (χ1n) is 6.39. The highest BCUT2D eigenvalue weighted by Crippen LogP contribution is 2.23. The Morgan fingerprint density at radius 2 is 1.84 bits per heavy atom. The zero-order chi connectivity index (χ0) is 14.2. The number of hydrogen-bond donors (Lipinski definition) is 2. The van der Waals surface area contributed by atoms with Crippen LogP contribution in [0.4, 0.5) is 4.79 Å². The van der Waals surface area contributed by atoms with Crippen LogP contribution in [0.3, 0.4) is 0 Å². The third-order valence-electron chi connectivity index (χ3n) is 3.47. The fraction of sp³-hybridized carbons (Fsp3) is 0.667. The SMILES string of the molecule is CC(C)C1C(=O)NC(=O)N(C2CCCNC2=O)C1=O. The van der Waals surface area contributed by atoms with Crippen molar-refractivity contribution in [3.8, 4) is 0 Å². The molecule has 2 unspecified atom stereocenters. The van der Waals surface area contributed by atoms with Crippen LogP contribution in [0, 0.1) is 11.8 Å². The van der Waals surface area contributed by atoms with Crippen molar-refractivity contribution in [3.63, 3.8) is 0 Å². The Morgan fingerprint density at radius 3 is 2.42 bits per heavy atom. The molecule has 5 amide bonds. The maximum Gasteiger partial charge on any atom is 0.331 e. The van der Waals surface area contributed by atoms with Crippen molar-refractivity contribution in [1.29, 1.82) is 0 Å². The minimum absolute atomic E-state index is 0.227. The molecule has 0 saturated carbocycles. The predicted molar refractivity (Wildman–Crippen MR) is 64.7 cm³/mol. The molecule has 2 rings (SSSR count). The molecule has 2 aliphatic heterocycles. The molecule has 0 bridgehead atoms. The number of nitrogens with one attached hydrogen (secondary N) is 2. The molecule has 2 saturated heterocycles. The van der Waals surface area contributed by atoms with Gasteiger partial charge in [0.05, 0.1) is 0 Å². The minimum Gasteiger partial charge on any atom is -0.354 e. The van der Waals surface area contributed by atoms with Crippen molar-refractivity contribution in [2.24, 2.45) is 11.8 Å². The zero-order valence-electron chi connectivity index (χ0n) is 10.9. The van der Waals surface area contributed by atoms with E-state index in [9.17, 15) is 19.2 Å². The highest BCUT2D eigenvalue weighted by molar-refractivity contribution is 6.17. The Hall–Kier alpha value is -1.92. The normalized spacial score (nSPS) is 28.5. The molecule has 2 aliphatic rings. The number of barbiturate groups is 1. The topological polar surface area (TPSA) is 95.6 Å². The van der Waals surface area contributed by atoms with E-state index in [-0.39, 0.29) is 11.8 Å². The number of rotatable bonds is 2. The van der Waals surface area contributed by atoms with Gasteiger partial charge in [-0.15, -0.1) is 0 Å². The van der Waals surface area contributed by atoms with E-state index in [0.29, 0.717) is 19.4 Å². The third kappa shape index (κ3) is 2.32. The third-order valence-corrected chi connectivity index (χ3v) is 3.47. The Kier molecular flexibility index (Phi) is 3.55. The number of nitrogens with zero attached hydrogens (tertiary/aromatic N) is 1. The molecule has 7 heteroatoms. The molecule has 0 aliphatic carbocycles. The van der Waals surface area contributed by atoms with Crippen LogP contribution in [-0.2, 0) is 14.4 Å². The Bertz CT molecular complexity index is 446. The van der Waals surface area contributed by atoms with Gasteiger partial charge in [0, 0.05) is 6.54 Å². The lowest BCUT2D eigenvalue weighted by Gasteiger charge is -2.37. The van der Waals surface area contributed by atoms with Gasteiger partial charge in [-0.2, -0.15) is 0 Å². The molecule has 0 aromatic carbocycles. The summed E-state index contributed by atoms with van der Waals surface area (Å²) in [6.45, 7) is 4.01. The summed E-state index contributed by atoms with van der Waals surface area (Å²) < 4.78 is 0. The summed E-state index contributed by atoms with van der Waals surface area (Å²) in [7, 11) is 0. The summed E-state index contributed by atoms with van der Waals surface area (Å²) in [5.74, 6) is -2.64. The Balaban J connectivity index is 2.27. The second-order valence-corrected chi connectivity index (χ2v) is 5.17. The molecular weight excluding hydrogens is 250 g/mol. The van der Waals surface area contributed by atoms with Crippen LogP contribution >= 0.6 is 0 Å². The lowest BCUT2D eigenvalue weighted by Crippen LogP contribution is -2.65. The second-order valence-electron chi connectivity index (χ2n) is 5.17. The van der Waals surface area contributed by atoms with E-state index >= 15 is 0 Å². The van der Waals surface area contributed by atoms with Crippen molar-refractivity contribution in [2.45, 2.75) is 32.7 Å². The molecule has 0 aromatic heterocycles. The Morgan fingerprint density at radius 1 is 1.16 bits per heavy atom. The average molecular weight is 267 g/mol. The van der Waals surface area contributed by atoms with Gasteiger partial charge in [0.1, 0.15) is 12.0 Å². The smallest absolute Gasteiger partial charge is 0.331 e. The van der Waals surface area contributed by atoms with Gasteiger partial charge in [-0.05, 0) is 18.8 Å². The maximum atomic E-state index is 12.3. The number of amides is 5. The summed E-state index contributed by atoms with van der Waals surface area (Å²) in [6, 6.07) is -1.61. The summed E-state index contributed by atoms with van der Waals surface area (Å²) in [5.41, 5.74) is 0. The molecule has 2 atom stereocenters. The first-order chi connectivity index (χ1) is 8.93. The molecule has 0 radical (unpaired) electrons. The van der Waals surface area contributed by atoms with Crippen LogP contribution in [-0.4, -0.2) is 41.2 Å². The fourth-order valence-corrected chi connectivity index (χ4v) is 2.49. The van der Waals surface area contributed by atoms with Gasteiger partial charge < -0.3 is 5.32 Å². The van der Waals surface area contributed by atoms with Crippen molar-refractivity contribution in [2.75, 3.05) is 6.54 Å². The van der Waals surface area contributed by atoms with Gasteiger partial charge in [0.2, 0.25) is 17.7 Å². The van der Waals surface area contributed by atoms with E-state index in [2.05, 4.69) is 10.6 Å². The van der Waals surface area contributed by atoms with E-state index < -0.39 is 29.8 Å². The van der Waals surface area contributed by atoms with Gasteiger partial charge in [-0.3, -0.25) is 24.6 Å². The van der Waals surface area contributed by atoms with Crippen molar-refractivity contribution < 1.29 is 19.2 Å². The number of hydrogen-bond acceptors (Lipinski definition) is 4. The van der Waals surface area contributed by atoms with E-state index in [1.165, 1.54) is 0 Å². The minimum atomic E-state index is -0.910. The van der Waals surface area contributed by atoms with Crippen LogP contribution in [0.5, 0.6) is 0 Å². The van der Waals surface area contributed by atoms with Gasteiger partial charge >= 0.3 is 6.03 Å². The number of carbonyl (C=O) groups excluding carboxylic acids is 4. The highest BCUT2D eigenvalue weighted by atomic mass is 16.2. The molecule has 19 heavy (non-hydrogen) atoms. The molecule has 104 valence electrons. The standard InChI is InChI=1S/C12H17N3O4/c1-6(2)8-10(17)14-12(19)15(11(8)18)7-4-3-5-13-9(7)16/h6-8H,3-5H2,1-2H3,(H,13,16)(H,14,17,19). The van der Waals surface area contributed by atoms with E-state index in [1.807, 2.05) is 0 Å². The average Bonchev–Trinajstić information content (AvgIpc) is 2.30. The molecule has 0 spiro atoms. The Labute approximate surface area is 110 Å².